The number of hydrogen-bond acceptors (Lipinski definition) is 3. The predicted molar refractivity (Wildman–Crippen MR) is 62.1 cm³/mol. The Morgan fingerprint density at radius 1 is 1.33 bits per heavy atom. The average Bonchev–Trinajstić information content (AvgIpc) is 2.28. The van der Waals surface area contributed by atoms with Crippen molar-refractivity contribution < 1.29 is 13.6 Å². The summed E-state index contributed by atoms with van der Waals surface area (Å²) in [6, 6.07) is 3.91. The molecule has 0 radical (unpaired) electrons. The van der Waals surface area contributed by atoms with Gasteiger partial charge in [-0.15, -0.1) is 0 Å². The Kier molecular flexibility index (Phi) is 3.21. The zero-order valence-corrected chi connectivity index (χ0v) is 9.72. The normalized spacial score (nSPS) is 22.9. The second-order valence-corrected chi connectivity index (χ2v) is 4.09. The largest absolute Gasteiger partial charge is 0.353 e. The predicted octanol–water partition coefficient (Wildman–Crippen LogP) is 1.15. The van der Waals surface area contributed by atoms with E-state index in [-0.39, 0.29) is 10.7 Å². The second kappa shape index (κ2) is 4.66. The summed E-state index contributed by atoms with van der Waals surface area (Å²) in [6.45, 7) is 0. The number of nitriles is 1. The number of hydrogen-bond donors (Lipinski definition) is 2. The highest BCUT2D eigenvalue weighted by Gasteiger charge is 2.38. The van der Waals surface area contributed by atoms with Gasteiger partial charge in [-0.05, 0) is 24.4 Å². The molecule has 92 valence electrons. The number of carbonyl (C=O) groups excluding carboxylic acids is 1. The molecule has 18 heavy (non-hydrogen) atoms. The fourth-order valence-electron chi connectivity index (χ4n) is 1.78. The molecule has 0 bridgehead atoms. The van der Waals surface area contributed by atoms with Crippen molar-refractivity contribution in [1.29, 1.82) is 5.26 Å². The third kappa shape index (κ3) is 2.02. The van der Waals surface area contributed by atoms with Gasteiger partial charge in [-0.1, -0.05) is 6.07 Å². The van der Waals surface area contributed by atoms with Crippen molar-refractivity contribution in [1.82, 2.24) is 10.6 Å². The van der Waals surface area contributed by atoms with Crippen molar-refractivity contribution >= 4 is 23.2 Å². The van der Waals surface area contributed by atoms with Crippen molar-refractivity contribution in [2.24, 2.45) is 5.92 Å². The first-order valence-electron chi connectivity index (χ1n) is 4.99. The number of benzene rings is 1. The van der Waals surface area contributed by atoms with Crippen molar-refractivity contribution in [3.05, 3.63) is 35.4 Å². The highest BCUT2D eigenvalue weighted by atomic mass is 32.1. The minimum atomic E-state index is -1.25. The van der Waals surface area contributed by atoms with E-state index in [0.717, 1.165) is 12.1 Å². The molecule has 1 aromatic rings. The Morgan fingerprint density at radius 2 is 1.94 bits per heavy atom. The highest BCUT2D eigenvalue weighted by molar-refractivity contribution is 7.80. The number of carbonyl (C=O) groups is 1. The van der Waals surface area contributed by atoms with Crippen LogP contribution in [0.25, 0.3) is 0 Å². The fraction of sp³-hybridized carbons (Fsp3) is 0.182. The molecule has 1 saturated heterocycles. The lowest BCUT2D eigenvalue weighted by molar-refractivity contribution is -0.123. The number of nitrogens with zero attached hydrogens (tertiary/aromatic N) is 1. The molecule has 1 fully saturated rings. The van der Waals surface area contributed by atoms with Crippen LogP contribution in [0.1, 0.15) is 11.6 Å². The summed E-state index contributed by atoms with van der Waals surface area (Å²) in [7, 11) is 0. The highest BCUT2D eigenvalue weighted by Crippen LogP contribution is 2.28. The summed E-state index contributed by atoms with van der Waals surface area (Å²) in [5.41, 5.74) is -0.360. The van der Waals surface area contributed by atoms with E-state index >= 15 is 0 Å². The van der Waals surface area contributed by atoms with E-state index in [1.54, 1.807) is 6.07 Å². The standard InChI is InChI=1S/C11H7F2N3OS/c12-6-2-1-3-7(13)8(6)9-5(4-14)10(17)16-11(18)15-9/h1-3,5,9H,(H2,15,16,17,18). The first-order valence-corrected chi connectivity index (χ1v) is 5.40. The molecule has 0 aliphatic carbocycles. The molecule has 1 heterocycles. The van der Waals surface area contributed by atoms with Gasteiger partial charge in [-0.2, -0.15) is 5.26 Å². The zero-order valence-electron chi connectivity index (χ0n) is 8.91. The van der Waals surface area contributed by atoms with E-state index in [1.807, 2.05) is 0 Å². The molecule has 1 aromatic carbocycles. The zero-order chi connectivity index (χ0) is 13.3. The summed E-state index contributed by atoms with van der Waals surface area (Å²) >= 11 is 4.75. The van der Waals surface area contributed by atoms with Gasteiger partial charge in [-0.3, -0.25) is 4.79 Å². The Hall–Kier alpha value is -2.07. The van der Waals surface area contributed by atoms with Crippen molar-refractivity contribution in [3.8, 4) is 6.07 Å². The smallest absolute Gasteiger partial charge is 0.245 e. The lowest BCUT2D eigenvalue weighted by Gasteiger charge is -2.29. The van der Waals surface area contributed by atoms with Crippen LogP contribution < -0.4 is 10.6 Å². The summed E-state index contributed by atoms with van der Waals surface area (Å²) in [6.07, 6.45) is 0. The number of amides is 1. The van der Waals surface area contributed by atoms with Gasteiger partial charge in [0.2, 0.25) is 5.91 Å². The van der Waals surface area contributed by atoms with Gasteiger partial charge >= 0.3 is 0 Å². The average molecular weight is 267 g/mol. The van der Waals surface area contributed by atoms with Gasteiger partial charge in [0.15, 0.2) is 5.11 Å². The number of thiocarbonyl (C=S) groups is 1. The Balaban J connectivity index is 2.50. The summed E-state index contributed by atoms with van der Waals surface area (Å²) in [5.74, 6) is -3.58. The lowest BCUT2D eigenvalue weighted by atomic mass is 9.91. The van der Waals surface area contributed by atoms with Crippen molar-refractivity contribution in [3.63, 3.8) is 0 Å². The number of halogens is 2. The van der Waals surface area contributed by atoms with Crippen LogP contribution in [0.2, 0.25) is 0 Å². The summed E-state index contributed by atoms with van der Waals surface area (Å²) in [5, 5.41) is 13.6. The van der Waals surface area contributed by atoms with Crippen LogP contribution in [0, 0.1) is 28.9 Å². The van der Waals surface area contributed by atoms with Crippen LogP contribution in [-0.2, 0) is 4.79 Å². The molecule has 2 N–H and O–H groups in total. The van der Waals surface area contributed by atoms with E-state index in [9.17, 15) is 13.6 Å². The molecule has 0 spiro atoms. The van der Waals surface area contributed by atoms with Crippen molar-refractivity contribution in [2.45, 2.75) is 6.04 Å². The maximum Gasteiger partial charge on any atom is 0.245 e. The maximum atomic E-state index is 13.6. The van der Waals surface area contributed by atoms with Crippen LogP contribution in [-0.4, -0.2) is 11.0 Å². The van der Waals surface area contributed by atoms with Crippen LogP contribution in [0.3, 0.4) is 0 Å². The minimum Gasteiger partial charge on any atom is -0.353 e. The Labute approximate surface area is 107 Å². The van der Waals surface area contributed by atoms with Gasteiger partial charge < -0.3 is 10.6 Å². The molecule has 1 aliphatic heterocycles. The van der Waals surface area contributed by atoms with Crippen LogP contribution >= 0.6 is 12.2 Å². The van der Waals surface area contributed by atoms with Crippen LogP contribution in [0.15, 0.2) is 18.2 Å². The van der Waals surface area contributed by atoms with Gasteiger partial charge in [-0.25, -0.2) is 8.78 Å². The van der Waals surface area contributed by atoms with Crippen LogP contribution in [0.4, 0.5) is 8.78 Å². The molecule has 2 unspecified atom stereocenters. The fourth-order valence-corrected chi connectivity index (χ4v) is 2.01. The molecule has 4 nitrogen and oxygen atoms in total. The lowest BCUT2D eigenvalue weighted by Crippen LogP contribution is -2.53. The topological polar surface area (TPSA) is 64.9 Å². The quantitative estimate of drug-likeness (QED) is 0.749. The van der Waals surface area contributed by atoms with Gasteiger partial charge in [0, 0.05) is 5.56 Å². The van der Waals surface area contributed by atoms with Gasteiger partial charge in [0.1, 0.15) is 17.6 Å². The van der Waals surface area contributed by atoms with Gasteiger partial charge in [0.05, 0.1) is 12.1 Å². The monoisotopic (exact) mass is 267 g/mol. The Morgan fingerprint density at radius 3 is 2.50 bits per heavy atom. The van der Waals surface area contributed by atoms with E-state index in [4.69, 9.17) is 17.5 Å². The minimum absolute atomic E-state index is 0.0563. The molecule has 2 rings (SSSR count). The van der Waals surface area contributed by atoms with Crippen molar-refractivity contribution in [2.75, 3.05) is 0 Å². The molecule has 1 aliphatic rings. The molecular weight excluding hydrogens is 260 g/mol. The van der Waals surface area contributed by atoms with Crippen LogP contribution in [0.5, 0.6) is 0 Å². The maximum absolute atomic E-state index is 13.6. The first kappa shape index (κ1) is 12.4. The second-order valence-electron chi connectivity index (χ2n) is 3.68. The molecule has 1 amide bonds. The SMILES string of the molecule is N#CC1C(=O)NC(=S)NC1c1c(F)cccc1F. The molecule has 0 saturated carbocycles. The Bertz CT molecular complexity index is 550. The summed E-state index contributed by atoms with van der Waals surface area (Å²) < 4.78 is 27.3. The number of rotatable bonds is 1. The van der Waals surface area contributed by atoms with E-state index < -0.39 is 29.5 Å². The van der Waals surface area contributed by atoms with E-state index in [0.29, 0.717) is 0 Å². The molecule has 7 heteroatoms. The third-order valence-electron chi connectivity index (χ3n) is 2.59. The van der Waals surface area contributed by atoms with E-state index in [2.05, 4.69) is 10.6 Å². The molecule has 2 atom stereocenters. The van der Waals surface area contributed by atoms with E-state index in [1.165, 1.54) is 6.07 Å². The number of nitrogens with one attached hydrogen (secondary N) is 2. The first-order chi connectivity index (χ1) is 8.54. The molecule has 0 aromatic heterocycles. The summed E-state index contributed by atoms with van der Waals surface area (Å²) in [4.78, 5) is 11.5. The molecular formula is C11H7F2N3OS. The third-order valence-corrected chi connectivity index (χ3v) is 2.81. The van der Waals surface area contributed by atoms with Gasteiger partial charge in [0.25, 0.3) is 0 Å².